The van der Waals surface area contributed by atoms with Gasteiger partial charge >= 0.3 is 0 Å². The molecule has 1 aliphatic heterocycles. The van der Waals surface area contributed by atoms with Gasteiger partial charge in [-0.2, -0.15) is 0 Å². The van der Waals surface area contributed by atoms with Gasteiger partial charge in [-0.25, -0.2) is 0 Å². The predicted molar refractivity (Wildman–Crippen MR) is 141 cm³/mol. The number of anilines is 2. The van der Waals surface area contributed by atoms with E-state index < -0.39 is 6.04 Å². The number of benzene rings is 3. The van der Waals surface area contributed by atoms with Gasteiger partial charge in [0.15, 0.2) is 16.6 Å². The Morgan fingerprint density at radius 3 is 2.49 bits per heavy atom. The van der Waals surface area contributed by atoms with E-state index in [1.54, 1.807) is 49.6 Å². The molecule has 1 atom stereocenters. The molecule has 0 saturated carbocycles. The van der Waals surface area contributed by atoms with E-state index in [-0.39, 0.29) is 11.7 Å². The first kappa shape index (κ1) is 24.1. The summed E-state index contributed by atoms with van der Waals surface area (Å²) in [6.07, 6.45) is 0. The van der Waals surface area contributed by atoms with Gasteiger partial charge < -0.3 is 25.2 Å². The van der Waals surface area contributed by atoms with Crippen LogP contribution in [0.15, 0.2) is 84.1 Å². The van der Waals surface area contributed by atoms with E-state index in [0.717, 1.165) is 11.3 Å². The Morgan fingerprint density at radius 2 is 1.83 bits per heavy atom. The van der Waals surface area contributed by atoms with Crippen LogP contribution in [0.25, 0.3) is 0 Å². The molecule has 1 heterocycles. The number of para-hydroxylation sites is 1. The van der Waals surface area contributed by atoms with Crippen LogP contribution in [-0.2, 0) is 4.79 Å². The van der Waals surface area contributed by atoms with Gasteiger partial charge in [0.05, 0.1) is 25.3 Å². The molecule has 3 aromatic carbocycles. The first-order chi connectivity index (χ1) is 16.9. The maximum absolute atomic E-state index is 13.7. The van der Waals surface area contributed by atoms with E-state index in [9.17, 15) is 9.90 Å². The van der Waals surface area contributed by atoms with Crippen molar-refractivity contribution < 1.29 is 19.4 Å². The van der Waals surface area contributed by atoms with Crippen molar-refractivity contribution in [2.24, 2.45) is 0 Å². The van der Waals surface area contributed by atoms with Crippen LogP contribution in [0.2, 0.25) is 0 Å². The van der Waals surface area contributed by atoms with E-state index in [2.05, 4.69) is 10.6 Å². The number of hydrogen-bond acceptors (Lipinski definition) is 5. The van der Waals surface area contributed by atoms with Crippen LogP contribution < -0.4 is 25.0 Å². The molecule has 1 aliphatic rings. The Labute approximate surface area is 210 Å². The number of thiocarbonyl (C=S) groups is 1. The third kappa shape index (κ3) is 5.07. The van der Waals surface area contributed by atoms with Crippen molar-refractivity contribution in [1.29, 1.82) is 0 Å². The number of hydrogen-bond donors (Lipinski definition) is 3. The molecule has 0 bridgehead atoms. The molecule has 3 N–H and O–H groups in total. The van der Waals surface area contributed by atoms with Crippen LogP contribution in [0.3, 0.4) is 0 Å². The Hall–Kier alpha value is -4.04. The fourth-order valence-corrected chi connectivity index (χ4v) is 4.39. The Balaban J connectivity index is 1.79. The zero-order chi connectivity index (χ0) is 24.9. The zero-order valence-corrected chi connectivity index (χ0v) is 20.6. The highest BCUT2D eigenvalue weighted by atomic mass is 32.1. The molecule has 0 saturated heterocycles. The van der Waals surface area contributed by atoms with Gasteiger partial charge in [0.2, 0.25) is 0 Å². The van der Waals surface area contributed by atoms with E-state index in [4.69, 9.17) is 21.7 Å². The van der Waals surface area contributed by atoms with E-state index in [0.29, 0.717) is 40.2 Å². The number of carbonyl (C=O) groups is 1. The molecule has 1 amide bonds. The lowest BCUT2D eigenvalue weighted by molar-refractivity contribution is -0.113. The molecule has 0 fully saturated rings. The predicted octanol–water partition coefficient (Wildman–Crippen LogP) is 5.15. The van der Waals surface area contributed by atoms with Crippen molar-refractivity contribution in [3.8, 4) is 17.2 Å². The van der Waals surface area contributed by atoms with Gasteiger partial charge in [-0.15, -0.1) is 0 Å². The fraction of sp³-hybridized carbons (Fsp3) is 0.185. The van der Waals surface area contributed by atoms with Gasteiger partial charge in [0.1, 0.15) is 5.75 Å². The van der Waals surface area contributed by atoms with Crippen LogP contribution in [0, 0.1) is 0 Å². The van der Waals surface area contributed by atoms with Crippen molar-refractivity contribution in [3.05, 3.63) is 89.6 Å². The molecule has 4 rings (SSSR count). The van der Waals surface area contributed by atoms with Crippen LogP contribution in [-0.4, -0.2) is 29.8 Å². The Bertz CT molecular complexity index is 1260. The molecule has 0 aromatic heterocycles. The second-order valence-electron chi connectivity index (χ2n) is 7.90. The number of methoxy groups -OCH3 is 1. The monoisotopic (exact) mass is 489 g/mol. The topological polar surface area (TPSA) is 83.1 Å². The lowest BCUT2D eigenvalue weighted by Crippen LogP contribution is -2.48. The first-order valence-corrected chi connectivity index (χ1v) is 11.6. The van der Waals surface area contributed by atoms with Gasteiger partial charge in [0, 0.05) is 17.1 Å². The summed E-state index contributed by atoms with van der Waals surface area (Å²) >= 11 is 5.72. The summed E-state index contributed by atoms with van der Waals surface area (Å²) in [4.78, 5) is 15.5. The lowest BCUT2D eigenvalue weighted by Gasteiger charge is -2.38. The molecule has 0 aliphatic carbocycles. The smallest absolute Gasteiger partial charge is 0.255 e. The number of phenols is 1. The molecule has 0 spiro atoms. The minimum atomic E-state index is -0.555. The number of allylic oxidation sites excluding steroid dienone is 1. The second kappa shape index (κ2) is 10.5. The third-order valence-corrected chi connectivity index (χ3v) is 6.01. The standard InChI is InChI=1S/C27H27N3O4S/c1-4-34-23-16-18(10-15-22(23)31)25-24(26(32)28-19-11-13-21(33-3)14-12-19)17(2)30(27(35)29-25)20-8-6-5-7-9-20/h5-16,25,31H,4H2,1-3H3,(H,28,32)(H,29,35). The first-order valence-electron chi connectivity index (χ1n) is 11.2. The third-order valence-electron chi connectivity index (χ3n) is 5.71. The number of phenolic OH excluding ortho intramolecular Hbond substituents is 1. The molecule has 1 unspecified atom stereocenters. The minimum Gasteiger partial charge on any atom is -0.504 e. The van der Waals surface area contributed by atoms with Crippen LogP contribution in [0.1, 0.15) is 25.5 Å². The summed E-state index contributed by atoms with van der Waals surface area (Å²) in [6.45, 7) is 4.12. The van der Waals surface area contributed by atoms with Gasteiger partial charge in [-0.3, -0.25) is 9.69 Å². The van der Waals surface area contributed by atoms with Crippen molar-refractivity contribution >= 4 is 34.6 Å². The normalized spacial score (nSPS) is 15.5. The Morgan fingerprint density at radius 1 is 1.11 bits per heavy atom. The maximum atomic E-state index is 13.7. The number of carbonyl (C=O) groups excluding carboxylic acids is 1. The van der Waals surface area contributed by atoms with Crippen LogP contribution in [0.5, 0.6) is 17.2 Å². The van der Waals surface area contributed by atoms with Crippen molar-refractivity contribution in [3.63, 3.8) is 0 Å². The average Bonchev–Trinajstić information content (AvgIpc) is 2.86. The molecule has 0 radical (unpaired) electrons. The van der Waals surface area contributed by atoms with Crippen molar-refractivity contribution in [2.75, 3.05) is 23.9 Å². The van der Waals surface area contributed by atoms with Crippen molar-refractivity contribution in [1.82, 2.24) is 5.32 Å². The highest BCUT2D eigenvalue weighted by molar-refractivity contribution is 7.80. The van der Waals surface area contributed by atoms with Gasteiger partial charge in [-0.1, -0.05) is 24.3 Å². The quantitative estimate of drug-likeness (QED) is 0.396. The molecular formula is C27H27N3O4S. The Kier molecular flexibility index (Phi) is 7.22. The summed E-state index contributed by atoms with van der Waals surface area (Å²) in [5.74, 6) is 0.795. The van der Waals surface area contributed by atoms with Gasteiger partial charge in [-0.05, 0) is 80.2 Å². The fourth-order valence-electron chi connectivity index (χ4n) is 4.03. The van der Waals surface area contributed by atoms with E-state index in [1.165, 1.54) is 0 Å². The number of amides is 1. The SMILES string of the molecule is CCOc1cc(C2NC(=S)N(c3ccccc3)C(C)=C2C(=O)Nc2ccc(OC)cc2)ccc1O. The number of rotatable bonds is 7. The van der Waals surface area contributed by atoms with E-state index >= 15 is 0 Å². The molecule has 180 valence electrons. The van der Waals surface area contributed by atoms with E-state index in [1.807, 2.05) is 49.1 Å². The number of aromatic hydroxyl groups is 1. The number of nitrogens with zero attached hydrogens (tertiary/aromatic N) is 1. The minimum absolute atomic E-state index is 0.0323. The average molecular weight is 490 g/mol. The summed E-state index contributed by atoms with van der Waals surface area (Å²) in [7, 11) is 1.59. The number of ether oxygens (including phenoxy) is 2. The molecule has 3 aromatic rings. The van der Waals surface area contributed by atoms with Crippen LogP contribution >= 0.6 is 12.2 Å². The molecule has 35 heavy (non-hydrogen) atoms. The second-order valence-corrected chi connectivity index (χ2v) is 8.28. The highest BCUT2D eigenvalue weighted by Crippen LogP contribution is 2.37. The lowest BCUT2D eigenvalue weighted by atomic mass is 9.93. The highest BCUT2D eigenvalue weighted by Gasteiger charge is 2.35. The largest absolute Gasteiger partial charge is 0.504 e. The van der Waals surface area contributed by atoms with Crippen LogP contribution in [0.4, 0.5) is 11.4 Å². The maximum Gasteiger partial charge on any atom is 0.255 e. The number of nitrogens with one attached hydrogen (secondary N) is 2. The van der Waals surface area contributed by atoms with Crippen molar-refractivity contribution in [2.45, 2.75) is 19.9 Å². The molecule has 8 heteroatoms. The zero-order valence-electron chi connectivity index (χ0n) is 19.7. The van der Waals surface area contributed by atoms with Gasteiger partial charge in [0.25, 0.3) is 5.91 Å². The molecular weight excluding hydrogens is 462 g/mol. The summed E-state index contributed by atoms with van der Waals surface area (Å²) in [5.41, 5.74) is 3.40. The summed E-state index contributed by atoms with van der Waals surface area (Å²) < 4.78 is 10.8. The molecule has 7 nitrogen and oxygen atoms in total. The summed E-state index contributed by atoms with van der Waals surface area (Å²) in [6, 6.07) is 21.3. The summed E-state index contributed by atoms with van der Waals surface area (Å²) in [5, 5.41) is 17.0.